The Kier molecular flexibility index (Phi) is 2.49. The molecule has 0 bridgehead atoms. The predicted octanol–water partition coefficient (Wildman–Crippen LogP) is 1.95. The van der Waals surface area contributed by atoms with E-state index in [1.54, 1.807) is 6.07 Å². The minimum absolute atomic E-state index is 0.00965. The molecule has 0 saturated carbocycles. The average molecular weight is 224 g/mol. The van der Waals surface area contributed by atoms with E-state index < -0.39 is 0 Å². The fourth-order valence-electron chi connectivity index (χ4n) is 1.63. The van der Waals surface area contributed by atoms with Crippen molar-refractivity contribution in [3.8, 4) is 0 Å². The van der Waals surface area contributed by atoms with Crippen LogP contribution in [0, 0.1) is 6.92 Å². The summed E-state index contributed by atoms with van der Waals surface area (Å²) in [7, 11) is 0. The Bertz CT molecular complexity index is 442. The largest absolute Gasteiger partial charge is 0.303 e. The fourth-order valence-corrected chi connectivity index (χ4v) is 1.85. The van der Waals surface area contributed by atoms with Gasteiger partial charge in [-0.15, -0.1) is 0 Å². The van der Waals surface area contributed by atoms with Gasteiger partial charge in [-0.05, 0) is 24.6 Å². The molecule has 3 nitrogen and oxygen atoms in total. The van der Waals surface area contributed by atoms with Gasteiger partial charge in [-0.2, -0.15) is 0 Å². The number of rotatable bonds is 1. The van der Waals surface area contributed by atoms with Gasteiger partial charge in [0.05, 0.1) is 23.7 Å². The Morgan fingerprint density at radius 1 is 1.33 bits per heavy atom. The topological polar surface area (TPSA) is 37.4 Å². The van der Waals surface area contributed by atoms with Crippen LogP contribution in [-0.2, 0) is 9.59 Å². The third kappa shape index (κ3) is 1.88. The second kappa shape index (κ2) is 3.66. The Hall–Kier alpha value is -1.35. The number of aryl methyl sites for hydroxylation is 1. The SMILES string of the molecule is Cc1ccc(Cl)c(N2CC(=O)CC2=O)c1. The molecule has 1 aliphatic rings. The highest BCUT2D eigenvalue weighted by atomic mass is 35.5. The number of hydrogen-bond acceptors (Lipinski definition) is 2. The molecule has 1 fully saturated rings. The van der Waals surface area contributed by atoms with Gasteiger partial charge in [-0.1, -0.05) is 17.7 Å². The zero-order valence-corrected chi connectivity index (χ0v) is 9.04. The van der Waals surface area contributed by atoms with Crippen LogP contribution in [0.5, 0.6) is 0 Å². The first-order valence-corrected chi connectivity index (χ1v) is 5.04. The van der Waals surface area contributed by atoms with Crippen LogP contribution >= 0.6 is 11.6 Å². The van der Waals surface area contributed by atoms with Crippen LogP contribution < -0.4 is 4.90 Å². The van der Waals surface area contributed by atoms with Crippen molar-refractivity contribution in [1.29, 1.82) is 0 Å². The highest BCUT2D eigenvalue weighted by Crippen LogP contribution is 2.29. The van der Waals surface area contributed by atoms with Gasteiger partial charge in [0.2, 0.25) is 5.91 Å². The maximum Gasteiger partial charge on any atom is 0.234 e. The molecule has 0 aliphatic carbocycles. The van der Waals surface area contributed by atoms with E-state index in [-0.39, 0.29) is 24.7 Å². The van der Waals surface area contributed by atoms with Gasteiger partial charge in [0.1, 0.15) is 0 Å². The Balaban J connectivity index is 2.41. The summed E-state index contributed by atoms with van der Waals surface area (Å²) in [5.74, 6) is -0.231. The maximum absolute atomic E-state index is 11.5. The second-order valence-corrected chi connectivity index (χ2v) is 4.06. The molecule has 4 heteroatoms. The van der Waals surface area contributed by atoms with Crippen molar-refractivity contribution in [2.45, 2.75) is 13.3 Å². The van der Waals surface area contributed by atoms with Crippen LogP contribution in [0.4, 0.5) is 5.69 Å². The van der Waals surface area contributed by atoms with Crippen molar-refractivity contribution in [1.82, 2.24) is 0 Å². The lowest BCUT2D eigenvalue weighted by Crippen LogP contribution is -2.24. The summed E-state index contributed by atoms with van der Waals surface area (Å²) >= 11 is 5.98. The minimum Gasteiger partial charge on any atom is -0.303 e. The van der Waals surface area contributed by atoms with Crippen LogP contribution in [0.2, 0.25) is 5.02 Å². The van der Waals surface area contributed by atoms with Crippen molar-refractivity contribution in [2.24, 2.45) is 0 Å². The number of carbonyl (C=O) groups excluding carboxylic acids is 2. The maximum atomic E-state index is 11.5. The average Bonchev–Trinajstić information content (AvgIpc) is 2.50. The number of nitrogens with zero attached hydrogens (tertiary/aromatic N) is 1. The molecule has 0 aromatic heterocycles. The Labute approximate surface area is 92.6 Å². The first-order chi connectivity index (χ1) is 7.08. The van der Waals surface area contributed by atoms with Gasteiger partial charge in [0.15, 0.2) is 5.78 Å². The standard InChI is InChI=1S/C11H10ClNO2/c1-7-2-3-9(12)10(4-7)13-6-8(14)5-11(13)15/h2-4H,5-6H2,1H3. The van der Waals surface area contributed by atoms with Crippen LogP contribution in [-0.4, -0.2) is 18.2 Å². The predicted molar refractivity (Wildman–Crippen MR) is 58.2 cm³/mol. The van der Waals surface area contributed by atoms with E-state index in [1.165, 1.54) is 4.90 Å². The molecule has 0 spiro atoms. The highest BCUT2D eigenvalue weighted by molar-refractivity contribution is 6.34. The summed E-state index contributed by atoms with van der Waals surface area (Å²) in [5, 5.41) is 0.503. The van der Waals surface area contributed by atoms with E-state index in [2.05, 4.69) is 0 Å². The van der Waals surface area contributed by atoms with Gasteiger partial charge in [0, 0.05) is 0 Å². The molecule has 78 valence electrons. The molecule has 0 unspecified atom stereocenters. The summed E-state index contributed by atoms with van der Waals surface area (Å²) in [6, 6.07) is 5.43. The number of anilines is 1. The molecule has 15 heavy (non-hydrogen) atoms. The summed E-state index contributed by atoms with van der Waals surface area (Å²) in [5.41, 5.74) is 1.65. The summed E-state index contributed by atoms with van der Waals surface area (Å²) in [6.45, 7) is 2.06. The molecule has 1 aliphatic heterocycles. The molecule has 1 saturated heterocycles. The van der Waals surface area contributed by atoms with Crippen molar-refractivity contribution in [2.75, 3.05) is 11.4 Å². The summed E-state index contributed by atoms with van der Waals surface area (Å²) < 4.78 is 0. The van der Waals surface area contributed by atoms with Crippen molar-refractivity contribution >= 4 is 29.0 Å². The lowest BCUT2D eigenvalue weighted by molar-refractivity contribution is -0.121. The normalized spacial score (nSPS) is 16.3. The first kappa shape index (κ1) is 10.2. The molecule has 2 rings (SSSR count). The van der Waals surface area contributed by atoms with E-state index in [4.69, 9.17) is 11.6 Å². The van der Waals surface area contributed by atoms with Gasteiger partial charge < -0.3 is 4.90 Å². The molecule has 1 aromatic rings. The molecule has 1 amide bonds. The number of halogens is 1. The Morgan fingerprint density at radius 3 is 2.67 bits per heavy atom. The zero-order valence-electron chi connectivity index (χ0n) is 8.29. The quantitative estimate of drug-likeness (QED) is 0.683. The lowest BCUT2D eigenvalue weighted by atomic mass is 10.2. The first-order valence-electron chi connectivity index (χ1n) is 4.66. The van der Waals surface area contributed by atoms with Crippen molar-refractivity contribution in [3.63, 3.8) is 0 Å². The van der Waals surface area contributed by atoms with Crippen molar-refractivity contribution in [3.05, 3.63) is 28.8 Å². The van der Waals surface area contributed by atoms with Gasteiger partial charge in [-0.3, -0.25) is 9.59 Å². The minimum atomic E-state index is -0.174. The van der Waals surface area contributed by atoms with Gasteiger partial charge >= 0.3 is 0 Å². The number of carbonyl (C=O) groups is 2. The van der Waals surface area contributed by atoms with Crippen molar-refractivity contribution < 1.29 is 9.59 Å². The second-order valence-electron chi connectivity index (χ2n) is 3.65. The van der Waals surface area contributed by atoms with E-state index in [0.29, 0.717) is 10.7 Å². The molecule has 1 aromatic carbocycles. The van der Waals surface area contributed by atoms with E-state index in [1.807, 2.05) is 19.1 Å². The molecule has 0 radical (unpaired) electrons. The highest BCUT2D eigenvalue weighted by Gasteiger charge is 2.29. The summed E-state index contributed by atoms with van der Waals surface area (Å²) in [6.07, 6.45) is -0.00965. The number of ketones is 1. The van der Waals surface area contributed by atoms with E-state index in [9.17, 15) is 9.59 Å². The van der Waals surface area contributed by atoms with Crippen LogP contribution in [0.15, 0.2) is 18.2 Å². The van der Waals surface area contributed by atoms with Crippen LogP contribution in [0.25, 0.3) is 0 Å². The number of hydrogen-bond donors (Lipinski definition) is 0. The van der Waals surface area contributed by atoms with E-state index in [0.717, 1.165) is 5.56 Å². The molecule has 1 heterocycles. The third-order valence-corrected chi connectivity index (χ3v) is 2.70. The number of benzene rings is 1. The Morgan fingerprint density at radius 2 is 2.07 bits per heavy atom. The molecule has 0 atom stereocenters. The number of amides is 1. The van der Waals surface area contributed by atoms with Gasteiger partial charge in [-0.25, -0.2) is 0 Å². The number of Topliss-reactive ketones (excluding diaryl/α,β-unsaturated/α-hetero) is 1. The van der Waals surface area contributed by atoms with Crippen LogP contribution in [0.1, 0.15) is 12.0 Å². The van der Waals surface area contributed by atoms with Gasteiger partial charge in [0.25, 0.3) is 0 Å². The smallest absolute Gasteiger partial charge is 0.234 e. The van der Waals surface area contributed by atoms with E-state index >= 15 is 0 Å². The lowest BCUT2D eigenvalue weighted by Gasteiger charge is -2.16. The molecular formula is C11H10ClNO2. The fraction of sp³-hybridized carbons (Fsp3) is 0.273. The zero-order chi connectivity index (χ0) is 11.0. The molecular weight excluding hydrogens is 214 g/mol. The summed E-state index contributed by atoms with van der Waals surface area (Å²) in [4.78, 5) is 24.1. The third-order valence-electron chi connectivity index (χ3n) is 2.38. The monoisotopic (exact) mass is 223 g/mol. The van der Waals surface area contributed by atoms with Crippen LogP contribution in [0.3, 0.4) is 0 Å². The molecule has 0 N–H and O–H groups in total.